The number of hydrogen-bond donors (Lipinski definition) is 2. The number of ether oxygens (including phenoxy) is 2. The lowest BCUT2D eigenvalue weighted by Gasteiger charge is -2.36. The van der Waals surface area contributed by atoms with Gasteiger partial charge in [-0.05, 0) is 65.7 Å². The van der Waals surface area contributed by atoms with Crippen molar-refractivity contribution in [3.8, 4) is 11.5 Å². The number of alkyl halides is 6. The highest BCUT2D eigenvalue weighted by molar-refractivity contribution is 5.90. The first-order valence-electron chi connectivity index (χ1n) is 11.8. The maximum atomic E-state index is 13.7. The van der Waals surface area contributed by atoms with Gasteiger partial charge in [0.2, 0.25) is 0 Å². The summed E-state index contributed by atoms with van der Waals surface area (Å²) in [6, 6.07) is 18.0. The maximum absolute atomic E-state index is 13.7. The summed E-state index contributed by atoms with van der Waals surface area (Å²) in [5.41, 5.74) is -1.48. The van der Waals surface area contributed by atoms with E-state index in [2.05, 4.69) is 25.1 Å². The van der Waals surface area contributed by atoms with Crippen molar-refractivity contribution in [2.75, 3.05) is 5.32 Å². The minimum Gasteiger partial charge on any atom is -0.406 e. The van der Waals surface area contributed by atoms with E-state index in [-0.39, 0.29) is 23.2 Å². The van der Waals surface area contributed by atoms with E-state index >= 15 is 0 Å². The lowest BCUT2D eigenvalue weighted by Crippen LogP contribution is -2.50. The predicted octanol–water partition coefficient (Wildman–Crippen LogP) is 7.33. The number of nitrogens with one attached hydrogen (secondary N) is 2. The zero-order valence-corrected chi connectivity index (χ0v) is 20.8. The van der Waals surface area contributed by atoms with Crippen molar-refractivity contribution in [1.82, 2.24) is 10.3 Å². The second-order valence-electron chi connectivity index (χ2n) is 8.64. The summed E-state index contributed by atoms with van der Waals surface area (Å²) in [6.07, 6.45) is -8.91. The van der Waals surface area contributed by atoms with E-state index in [0.29, 0.717) is 5.69 Å². The molecule has 4 rings (SSSR count). The van der Waals surface area contributed by atoms with Gasteiger partial charge in [-0.25, -0.2) is 9.18 Å². The Morgan fingerprint density at radius 2 is 1.32 bits per heavy atom. The molecule has 0 saturated carbocycles. The van der Waals surface area contributed by atoms with Crippen molar-refractivity contribution in [1.29, 1.82) is 0 Å². The van der Waals surface area contributed by atoms with E-state index in [4.69, 9.17) is 0 Å². The third-order valence-corrected chi connectivity index (χ3v) is 5.70. The summed E-state index contributed by atoms with van der Waals surface area (Å²) in [5.74, 6) is -1.94. The Kier molecular flexibility index (Phi) is 8.36. The Morgan fingerprint density at radius 3 is 1.83 bits per heavy atom. The van der Waals surface area contributed by atoms with E-state index in [9.17, 15) is 35.5 Å². The van der Waals surface area contributed by atoms with Crippen molar-refractivity contribution in [3.63, 3.8) is 0 Å². The van der Waals surface area contributed by atoms with Crippen molar-refractivity contribution >= 4 is 11.7 Å². The number of pyridine rings is 1. The first kappa shape index (κ1) is 29.2. The molecule has 4 aromatic rings. The molecule has 41 heavy (non-hydrogen) atoms. The standard InChI is InChI=1S/C28H20F7N3O3/c29-20-8-5-10-21(16-20)37-25(39)38-26(17-22-9-1-2-13-36-22,18-6-3-11-23(14-18)40-27(30,31)32)19-7-4-12-24(15-19)41-28(33,34)35/h1-16H,17H2,(H2,37,38,39). The maximum Gasteiger partial charge on any atom is 0.573 e. The van der Waals surface area contributed by atoms with Gasteiger partial charge in [0, 0.05) is 24.0 Å². The van der Waals surface area contributed by atoms with Gasteiger partial charge in [0.1, 0.15) is 17.3 Å². The van der Waals surface area contributed by atoms with Crippen LogP contribution in [0.5, 0.6) is 11.5 Å². The quantitative estimate of drug-likeness (QED) is 0.215. The van der Waals surface area contributed by atoms with Crippen LogP contribution < -0.4 is 20.1 Å². The predicted molar refractivity (Wildman–Crippen MR) is 134 cm³/mol. The van der Waals surface area contributed by atoms with Gasteiger partial charge in [0.05, 0.1) is 5.54 Å². The van der Waals surface area contributed by atoms with Crippen LogP contribution in [0.15, 0.2) is 97.2 Å². The van der Waals surface area contributed by atoms with Gasteiger partial charge >= 0.3 is 18.8 Å². The number of halogens is 7. The topological polar surface area (TPSA) is 72.5 Å². The van der Waals surface area contributed by atoms with Crippen molar-refractivity contribution in [2.45, 2.75) is 24.7 Å². The second kappa shape index (κ2) is 11.7. The van der Waals surface area contributed by atoms with Crippen molar-refractivity contribution in [3.05, 3.63) is 120 Å². The zero-order chi connectivity index (χ0) is 29.7. The SMILES string of the molecule is O=C(Nc1cccc(F)c1)NC(Cc1ccccn1)(c1cccc(OC(F)(F)F)c1)c1cccc(OC(F)(F)F)c1. The summed E-state index contributed by atoms with van der Waals surface area (Å²) in [6.45, 7) is 0. The Labute approximate surface area is 228 Å². The highest BCUT2D eigenvalue weighted by Gasteiger charge is 2.39. The van der Waals surface area contributed by atoms with Gasteiger partial charge in [-0.3, -0.25) is 4.98 Å². The van der Waals surface area contributed by atoms with Crippen LogP contribution in [0, 0.1) is 5.82 Å². The first-order valence-corrected chi connectivity index (χ1v) is 11.8. The molecular formula is C28H20F7N3O3. The van der Waals surface area contributed by atoms with Crippen LogP contribution in [0.4, 0.5) is 41.2 Å². The summed E-state index contributed by atoms with van der Waals surface area (Å²) in [4.78, 5) is 17.6. The normalized spacial score (nSPS) is 12.0. The van der Waals surface area contributed by atoms with Crippen LogP contribution in [0.1, 0.15) is 16.8 Å². The molecule has 0 saturated heterocycles. The number of nitrogens with zero attached hydrogens (tertiary/aromatic N) is 1. The van der Waals surface area contributed by atoms with Crippen LogP contribution in [-0.4, -0.2) is 23.7 Å². The van der Waals surface area contributed by atoms with Crippen LogP contribution in [0.25, 0.3) is 0 Å². The molecule has 0 unspecified atom stereocenters. The Balaban J connectivity index is 1.89. The van der Waals surface area contributed by atoms with E-state index in [1.165, 1.54) is 42.6 Å². The molecule has 1 heterocycles. The third-order valence-electron chi connectivity index (χ3n) is 5.70. The number of carbonyl (C=O) groups excluding carboxylic acids is 1. The number of benzene rings is 3. The van der Waals surface area contributed by atoms with Gasteiger partial charge < -0.3 is 20.1 Å². The molecular weight excluding hydrogens is 559 g/mol. The summed E-state index contributed by atoms with van der Waals surface area (Å²) < 4.78 is 100. The van der Waals surface area contributed by atoms with E-state index < -0.39 is 41.6 Å². The monoisotopic (exact) mass is 579 g/mol. The fraction of sp³-hybridized carbons (Fsp3) is 0.143. The van der Waals surface area contributed by atoms with E-state index in [1.807, 2.05) is 0 Å². The van der Waals surface area contributed by atoms with Gasteiger partial charge in [-0.2, -0.15) is 0 Å². The van der Waals surface area contributed by atoms with Crippen LogP contribution in [0.2, 0.25) is 0 Å². The number of amides is 2. The molecule has 2 amide bonds. The molecule has 0 aliphatic rings. The smallest absolute Gasteiger partial charge is 0.406 e. The molecule has 0 radical (unpaired) electrons. The fourth-order valence-corrected chi connectivity index (χ4v) is 4.17. The molecule has 3 aromatic carbocycles. The molecule has 0 aliphatic heterocycles. The van der Waals surface area contributed by atoms with Crippen molar-refractivity contribution in [2.24, 2.45) is 0 Å². The van der Waals surface area contributed by atoms with Gasteiger partial charge in [0.25, 0.3) is 0 Å². The number of carbonyl (C=O) groups is 1. The Morgan fingerprint density at radius 1 is 0.732 bits per heavy atom. The molecule has 13 heteroatoms. The minimum atomic E-state index is -5.05. The number of urea groups is 1. The molecule has 214 valence electrons. The highest BCUT2D eigenvalue weighted by atomic mass is 19.4. The molecule has 0 fully saturated rings. The van der Waals surface area contributed by atoms with Crippen LogP contribution in [-0.2, 0) is 12.0 Å². The molecule has 0 bridgehead atoms. The largest absolute Gasteiger partial charge is 0.573 e. The highest BCUT2D eigenvalue weighted by Crippen LogP contribution is 2.38. The minimum absolute atomic E-state index is 0.00320. The third kappa shape index (κ3) is 8.10. The van der Waals surface area contributed by atoms with Crippen molar-refractivity contribution < 1.29 is 45.0 Å². The molecule has 0 aliphatic carbocycles. The Bertz CT molecular complexity index is 1440. The number of anilines is 1. The second-order valence-corrected chi connectivity index (χ2v) is 8.64. The summed E-state index contributed by atoms with van der Waals surface area (Å²) in [7, 11) is 0. The fourth-order valence-electron chi connectivity index (χ4n) is 4.17. The summed E-state index contributed by atoms with van der Waals surface area (Å²) in [5, 5.41) is 5.11. The Hall–Kier alpha value is -4.81. The van der Waals surface area contributed by atoms with Crippen LogP contribution in [0.3, 0.4) is 0 Å². The lowest BCUT2D eigenvalue weighted by atomic mass is 9.78. The number of hydrogen-bond acceptors (Lipinski definition) is 4. The summed E-state index contributed by atoms with van der Waals surface area (Å²) >= 11 is 0. The molecule has 6 nitrogen and oxygen atoms in total. The molecule has 2 N–H and O–H groups in total. The molecule has 0 atom stereocenters. The molecule has 0 spiro atoms. The van der Waals surface area contributed by atoms with E-state index in [0.717, 1.165) is 36.4 Å². The van der Waals surface area contributed by atoms with Gasteiger partial charge in [-0.1, -0.05) is 36.4 Å². The average Bonchev–Trinajstić information content (AvgIpc) is 2.87. The average molecular weight is 579 g/mol. The van der Waals surface area contributed by atoms with E-state index in [1.54, 1.807) is 18.2 Å². The van der Waals surface area contributed by atoms with Gasteiger partial charge in [0.15, 0.2) is 0 Å². The first-order chi connectivity index (χ1) is 19.3. The van der Waals surface area contributed by atoms with Crippen LogP contribution >= 0.6 is 0 Å². The zero-order valence-electron chi connectivity index (χ0n) is 20.8. The number of aromatic nitrogens is 1. The molecule has 1 aromatic heterocycles. The number of rotatable bonds is 8. The lowest BCUT2D eigenvalue weighted by molar-refractivity contribution is -0.275. The van der Waals surface area contributed by atoms with Gasteiger partial charge in [-0.15, -0.1) is 26.3 Å².